The Morgan fingerprint density at radius 2 is 1.91 bits per heavy atom. The molecule has 0 heterocycles. The van der Waals surface area contributed by atoms with Gasteiger partial charge in [0.15, 0.2) is 11.6 Å². The third-order valence-corrected chi connectivity index (χ3v) is 2.74. The molecule has 0 atom stereocenters. The third kappa shape index (κ3) is 3.85. The molecule has 0 aromatic heterocycles. The van der Waals surface area contributed by atoms with Crippen LogP contribution in [-0.2, 0) is 11.2 Å². The van der Waals surface area contributed by atoms with Gasteiger partial charge < -0.3 is 5.11 Å². The van der Waals surface area contributed by atoms with Gasteiger partial charge in [-0.25, -0.2) is 18.6 Å². The van der Waals surface area contributed by atoms with E-state index in [2.05, 4.69) is 10.5 Å². The molecule has 0 bridgehead atoms. The number of hydrogen-bond donors (Lipinski definition) is 2. The minimum atomic E-state index is -1.38. The van der Waals surface area contributed by atoms with E-state index in [4.69, 9.17) is 0 Å². The maximum absolute atomic E-state index is 13.3. The number of benzene rings is 2. The van der Waals surface area contributed by atoms with Crippen LogP contribution >= 0.6 is 0 Å². The van der Waals surface area contributed by atoms with Crippen molar-refractivity contribution in [3.63, 3.8) is 0 Å². The minimum absolute atomic E-state index is 0.0118. The first-order chi connectivity index (χ1) is 10.5. The Bertz CT molecular complexity index is 733. The van der Waals surface area contributed by atoms with Crippen LogP contribution in [0.1, 0.15) is 11.1 Å². The second-order valence-corrected chi connectivity index (χ2v) is 4.40. The molecule has 0 saturated heterocycles. The Hall–Kier alpha value is -2.83. The molecule has 7 heteroatoms. The number of hydrazone groups is 1. The van der Waals surface area contributed by atoms with Crippen LogP contribution in [0.25, 0.3) is 0 Å². The Labute approximate surface area is 123 Å². The van der Waals surface area contributed by atoms with Crippen LogP contribution in [0.15, 0.2) is 41.5 Å². The molecule has 2 rings (SSSR count). The standard InChI is InChI=1S/C15H11F3N2O2/c16-12-4-5-13(17)15(18)11(12)8-19-20-14(22)7-9-2-1-3-10(21)6-9/h1-6,8,21H,7H2,(H,20,22). The summed E-state index contributed by atoms with van der Waals surface area (Å²) in [6.45, 7) is 0. The topological polar surface area (TPSA) is 61.7 Å². The lowest BCUT2D eigenvalue weighted by atomic mass is 10.1. The number of halogens is 3. The van der Waals surface area contributed by atoms with Crippen molar-refractivity contribution in [2.75, 3.05) is 0 Å². The lowest BCUT2D eigenvalue weighted by Gasteiger charge is -2.02. The van der Waals surface area contributed by atoms with E-state index in [-0.39, 0.29) is 12.2 Å². The Balaban J connectivity index is 2.01. The van der Waals surface area contributed by atoms with Crippen LogP contribution < -0.4 is 5.43 Å². The van der Waals surface area contributed by atoms with Crippen LogP contribution in [0.2, 0.25) is 0 Å². The molecular formula is C15H11F3N2O2. The maximum atomic E-state index is 13.3. The predicted octanol–water partition coefficient (Wildman–Crippen LogP) is 2.50. The monoisotopic (exact) mass is 308 g/mol. The van der Waals surface area contributed by atoms with Crippen LogP contribution in [0.3, 0.4) is 0 Å². The number of carbonyl (C=O) groups is 1. The maximum Gasteiger partial charge on any atom is 0.244 e. The summed E-state index contributed by atoms with van der Waals surface area (Å²) < 4.78 is 39.6. The van der Waals surface area contributed by atoms with E-state index in [0.717, 1.165) is 6.07 Å². The van der Waals surface area contributed by atoms with Gasteiger partial charge in [0.25, 0.3) is 0 Å². The molecule has 1 amide bonds. The first-order valence-electron chi connectivity index (χ1n) is 6.20. The fraction of sp³-hybridized carbons (Fsp3) is 0.0667. The van der Waals surface area contributed by atoms with E-state index < -0.39 is 28.9 Å². The van der Waals surface area contributed by atoms with E-state index in [1.165, 1.54) is 12.1 Å². The number of nitrogens with one attached hydrogen (secondary N) is 1. The molecule has 4 nitrogen and oxygen atoms in total. The second-order valence-electron chi connectivity index (χ2n) is 4.40. The minimum Gasteiger partial charge on any atom is -0.508 e. The molecule has 0 aliphatic rings. The molecule has 114 valence electrons. The van der Waals surface area contributed by atoms with E-state index in [0.29, 0.717) is 17.8 Å². The predicted molar refractivity (Wildman–Crippen MR) is 73.9 cm³/mol. The Morgan fingerprint density at radius 1 is 1.18 bits per heavy atom. The molecule has 2 aromatic carbocycles. The van der Waals surface area contributed by atoms with E-state index in [9.17, 15) is 23.1 Å². The molecule has 2 aromatic rings. The van der Waals surface area contributed by atoms with Crippen molar-refractivity contribution < 1.29 is 23.1 Å². The molecular weight excluding hydrogens is 297 g/mol. The summed E-state index contributed by atoms with van der Waals surface area (Å²) in [5, 5.41) is 12.6. The molecule has 0 unspecified atom stereocenters. The molecule has 0 radical (unpaired) electrons. The number of amides is 1. The molecule has 0 spiro atoms. The van der Waals surface area contributed by atoms with Crippen LogP contribution in [0.4, 0.5) is 13.2 Å². The molecule has 22 heavy (non-hydrogen) atoms. The van der Waals surface area contributed by atoms with Gasteiger partial charge in [0.2, 0.25) is 5.91 Å². The summed E-state index contributed by atoms with van der Waals surface area (Å²) in [5.41, 5.74) is 1.92. The highest BCUT2D eigenvalue weighted by molar-refractivity contribution is 5.83. The van der Waals surface area contributed by atoms with Crippen molar-refractivity contribution in [1.82, 2.24) is 5.43 Å². The van der Waals surface area contributed by atoms with Gasteiger partial charge in [0, 0.05) is 0 Å². The molecule has 0 aliphatic heterocycles. The first kappa shape index (κ1) is 15.6. The van der Waals surface area contributed by atoms with Gasteiger partial charge in [-0.05, 0) is 29.8 Å². The summed E-state index contributed by atoms with van der Waals surface area (Å²) in [6.07, 6.45) is 0.605. The van der Waals surface area contributed by atoms with Gasteiger partial charge in [0.05, 0.1) is 18.2 Å². The highest BCUT2D eigenvalue weighted by atomic mass is 19.2. The van der Waals surface area contributed by atoms with Gasteiger partial charge in [0.1, 0.15) is 11.6 Å². The number of aromatic hydroxyl groups is 1. The van der Waals surface area contributed by atoms with Crippen LogP contribution in [-0.4, -0.2) is 17.2 Å². The molecule has 0 fully saturated rings. The van der Waals surface area contributed by atoms with Crippen LogP contribution in [0, 0.1) is 17.5 Å². The Kier molecular flexibility index (Phi) is 4.77. The zero-order valence-corrected chi connectivity index (χ0v) is 11.2. The van der Waals surface area contributed by atoms with E-state index in [1.807, 2.05) is 0 Å². The fourth-order valence-electron chi connectivity index (χ4n) is 1.72. The highest BCUT2D eigenvalue weighted by Crippen LogP contribution is 2.14. The number of rotatable bonds is 4. The third-order valence-electron chi connectivity index (χ3n) is 2.74. The molecule has 0 saturated carbocycles. The van der Waals surface area contributed by atoms with Gasteiger partial charge in [-0.2, -0.15) is 5.10 Å². The first-order valence-corrected chi connectivity index (χ1v) is 6.20. The summed E-state index contributed by atoms with van der Waals surface area (Å²) in [5.74, 6) is -4.14. The zero-order valence-electron chi connectivity index (χ0n) is 11.2. The molecule has 2 N–H and O–H groups in total. The summed E-state index contributed by atoms with van der Waals surface area (Å²) >= 11 is 0. The fourth-order valence-corrected chi connectivity index (χ4v) is 1.72. The van der Waals surface area contributed by atoms with Crippen molar-refractivity contribution in [1.29, 1.82) is 0 Å². The van der Waals surface area contributed by atoms with Gasteiger partial charge in [-0.15, -0.1) is 0 Å². The lowest BCUT2D eigenvalue weighted by Crippen LogP contribution is -2.20. The van der Waals surface area contributed by atoms with Crippen molar-refractivity contribution in [2.24, 2.45) is 5.10 Å². The smallest absolute Gasteiger partial charge is 0.244 e. The Morgan fingerprint density at radius 3 is 2.64 bits per heavy atom. The van der Waals surface area contributed by atoms with Crippen molar-refractivity contribution in [3.8, 4) is 5.75 Å². The van der Waals surface area contributed by atoms with Gasteiger partial charge in [-0.3, -0.25) is 4.79 Å². The number of phenols is 1. The van der Waals surface area contributed by atoms with E-state index >= 15 is 0 Å². The normalized spacial score (nSPS) is 10.9. The van der Waals surface area contributed by atoms with E-state index in [1.54, 1.807) is 12.1 Å². The number of phenolic OH excluding ortho intramolecular Hbond substituents is 1. The zero-order chi connectivity index (χ0) is 16.1. The second kappa shape index (κ2) is 6.75. The average Bonchev–Trinajstić information content (AvgIpc) is 2.47. The summed E-state index contributed by atoms with van der Waals surface area (Å²) in [7, 11) is 0. The number of carbonyl (C=O) groups excluding carboxylic acids is 1. The number of nitrogens with zero attached hydrogens (tertiary/aromatic N) is 1. The molecule has 0 aliphatic carbocycles. The van der Waals surface area contributed by atoms with Gasteiger partial charge in [-0.1, -0.05) is 12.1 Å². The van der Waals surface area contributed by atoms with Crippen LogP contribution in [0.5, 0.6) is 5.75 Å². The van der Waals surface area contributed by atoms with Crippen molar-refractivity contribution in [3.05, 3.63) is 65.0 Å². The summed E-state index contributed by atoms with van der Waals surface area (Å²) in [6, 6.07) is 7.45. The quantitative estimate of drug-likeness (QED) is 0.518. The highest BCUT2D eigenvalue weighted by Gasteiger charge is 2.11. The number of hydrogen-bond acceptors (Lipinski definition) is 3. The lowest BCUT2D eigenvalue weighted by molar-refractivity contribution is -0.120. The summed E-state index contributed by atoms with van der Waals surface area (Å²) in [4.78, 5) is 11.6. The SMILES string of the molecule is O=C(Cc1cccc(O)c1)NN=Cc1c(F)ccc(F)c1F. The van der Waals surface area contributed by atoms with Gasteiger partial charge >= 0.3 is 0 Å². The van der Waals surface area contributed by atoms with Crippen molar-refractivity contribution >= 4 is 12.1 Å². The average molecular weight is 308 g/mol. The van der Waals surface area contributed by atoms with Crippen molar-refractivity contribution in [2.45, 2.75) is 6.42 Å². The largest absolute Gasteiger partial charge is 0.508 e.